The molecule has 0 spiro atoms. The van der Waals surface area contributed by atoms with Gasteiger partial charge in [-0.15, -0.1) is 10.2 Å². The molecule has 0 aliphatic carbocycles. The fraction of sp³-hybridized carbons (Fsp3) is 0.227. The van der Waals surface area contributed by atoms with E-state index in [2.05, 4.69) is 10.2 Å². The molecular formula is C22H19FN4O3S. The van der Waals surface area contributed by atoms with E-state index in [1.54, 1.807) is 22.8 Å². The number of Topliss-reactive ketones (excluding diaryl/α,β-unsaturated/α-hetero) is 1. The van der Waals surface area contributed by atoms with Crippen LogP contribution in [0.4, 0.5) is 10.3 Å². The number of furan rings is 1. The first-order valence-electron chi connectivity index (χ1n) is 9.88. The van der Waals surface area contributed by atoms with E-state index in [-0.39, 0.29) is 17.4 Å². The van der Waals surface area contributed by atoms with Gasteiger partial charge < -0.3 is 14.1 Å². The summed E-state index contributed by atoms with van der Waals surface area (Å²) in [5, 5.41) is 10.0. The van der Waals surface area contributed by atoms with E-state index in [4.69, 9.17) is 9.15 Å². The number of carbonyl (C=O) groups excluding carboxylic acids is 1. The zero-order valence-corrected chi connectivity index (χ0v) is 17.3. The topological polar surface area (TPSA) is 73.4 Å². The minimum Gasteiger partial charge on any atom is -0.453 e. The molecular weight excluding hydrogens is 419 g/mol. The highest BCUT2D eigenvalue weighted by atomic mass is 32.2. The molecule has 0 radical (unpaired) electrons. The number of nitrogens with zero attached hydrogens (tertiary/aromatic N) is 4. The molecule has 0 atom stereocenters. The number of aromatic nitrogens is 3. The van der Waals surface area contributed by atoms with E-state index in [9.17, 15) is 9.18 Å². The minimum atomic E-state index is -0.353. The van der Waals surface area contributed by atoms with Crippen molar-refractivity contribution in [2.45, 2.75) is 5.16 Å². The Morgan fingerprint density at radius 1 is 1.06 bits per heavy atom. The third-order valence-corrected chi connectivity index (χ3v) is 5.94. The second-order valence-electron chi connectivity index (χ2n) is 7.06. The zero-order valence-electron chi connectivity index (χ0n) is 16.5. The Labute approximate surface area is 181 Å². The molecule has 3 heterocycles. The van der Waals surface area contributed by atoms with Gasteiger partial charge in [-0.3, -0.25) is 9.36 Å². The lowest BCUT2D eigenvalue weighted by molar-refractivity contribution is 0.0994. The Balaban J connectivity index is 1.42. The summed E-state index contributed by atoms with van der Waals surface area (Å²) in [5.41, 5.74) is 1.28. The third kappa shape index (κ3) is 4.06. The number of ether oxygens (including phenoxy) is 1. The predicted octanol–water partition coefficient (Wildman–Crippen LogP) is 3.96. The Kier molecular flexibility index (Phi) is 5.44. The molecule has 0 amide bonds. The number of fused-ring (bicyclic) bond motifs is 1. The van der Waals surface area contributed by atoms with E-state index in [1.807, 2.05) is 29.2 Å². The van der Waals surface area contributed by atoms with Gasteiger partial charge in [0.25, 0.3) is 0 Å². The third-order valence-electron chi connectivity index (χ3n) is 5.01. The molecule has 0 N–H and O–H groups in total. The molecule has 1 saturated heterocycles. The number of benzene rings is 2. The van der Waals surface area contributed by atoms with E-state index in [0.717, 1.165) is 5.39 Å². The smallest absolute Gasteiger partial charge is 0.232 e. The average molecular weight is 438 g/mol. The Morgan fingerprint density at radius 3 is 2.71 bits per heavy atom. The van der Waals surface area contributed by atoms with Gasteiger partial charge >= 0.3 is 0 Å². The standard InChI is InChI=1S/C22H19FN4O3S/c23-16-5-3-6-17(13-16)27-21(26-8-10-29-11-9-26)24-25-22(27)31-14-18(28)20-12-15-4-1-2-7-19(15)30-20/h1-7,12-13H,8-11,14H2. The molecule has 2 aromatic carbocycles. The van der Waals surface area contributed by atoms with Crippen molar-refractivity contribution in [3.63, 3.8) is 0 Å². The molecule has 1 aliphatic rings. The van der Waals surface area contributed by atoms with Crippen LogP contribution in [0.5, 0.6) is 0 Å². The van der Waals surface area contributed by atoms with Gasteiger partial charge in [0.15, 0.2) is 10.9 Å². The number of carbonyl (C=O) groups is 1. The zero-order chi connectivity index (χ0) is 21.2. The monoisotopic (exact) mass is 438 g/mol. The summed E-state index contributed by atoms with van der Waals surface area (Å²) in [7, 11) is 0. The molecule has 9 heteroatoms. The van der Waals surface area contributed by atoms with Crippen LogP contribution in [-0.2, 0) is 4.74 Å². The number of ketones is 1. The second-order valence-corrected chi connectivity index (χ2v) is 8.00. The van der Waals surface area contributed by atoms with E-state index in [1.165, 1.54) is 23.9 Å². The van der Waals surface area contributed by atoms with Crippen LogP contribution in [0.2, 0.25) is 0 Å². The van der Waals surface area contributed by atoms with Crippen molar-refractivity contribution in [1.29, 1.82) is 0 Å². The minimum absolute atomic E-state index is 0.121. The highest BCUT2D eigenvalue weighted by molar-refractivity contribution is 7.99. The number of halogens is 1. The molecule has 2 aromatic heterocycles. The maximum absolute atomic E-state index is 13.9. The number of hydrogen-bond donors (Lipinski definition) is 0. The van der Waals surface area contributed by atoms with Crippen molar-refractivity contribution in [2.75, 3.05) is 37.0 Å². The highest BCUT2D eigenvalue weighted by Gasteiger charge is 2.23. The normalized spacial score (nSPS) is 14.3. The van der Waals surface area contributed by atoms with Crippen molar-refractivity contribution >= 4 is 34.5 Å². The lowest BCUT2D eigenvalue weighted by Gasteiger charge is -2.27. The number of thioether (sulfide) groups is 1. The van der Waals surface area contributed by atoms with Crippen LogP contribution in [0.25, 0.3) is 16.7 Å². The molecule has 0 saturated carbocycles. The lowest BCUT2D eigenvalue weighted by Crippen LogP contribution is -2.37. The van der Waals surface area contributed by atoms with E-state index < -0.39 is 0 Å². The van der Waals surface area contributed by atoms with E-state index in [0.29, 0.717) is 54.4 Å². The lowest BCUT2D eigenvalue weighted by atomic mass is 10.2. The van der Waals surface area contributed by atoms with Crippen molar-refractivity contribution in [3.05, 3.63) is 66.2 Å². The van der Waals surface area contributed by atoms with Crippen LogP contribution < -0.4 is 4.90 Å². The highest BCUT2D eigenvalue weighted by Crippen LogP contribution is 2.29. The first-order valence-corrected chi connectivity index (χ1v) is 10.9. The number of morpholine rings is 1. The summed E-state index contributed by atoms with van der Waals surface area (Å²) in [6, 6.07) is 15.5. The maximum atomic E-state index is 13.9. The van der Waals surface area contributed by atoms with Gasteiger partial charge in [0.2, 0.25) is 11.7 Å². The van der Waals surface area contributed by atoms with Gasteiger partial charge in [-0.1, -0.05) is 36.0 Å². The maximum Gasteiger partial charge on any atom is 0.232 e. The molecule has 0 unspecified atom stereocenters. The molecule has 1 fully saturated rings. The summed E-state index contributed by atoms with van der Waals surface area (Å²) in [5.74, 6) is 0.527. The van der Waals surface area contributed by atoms with Crippen molar-refractivity contribution in [1.82, 2.24) is 14.8 Å². The molecule has 5 rings (SSSR count). The van der Waals surface area contributed by atoms with Crippen molar-refractivity contribution < 1.29 is 18.3 Å². The van der Waals surface area contributed by atoms with Crippen molar-refractivity contribution in [3.8, 4) is 5.69 Å². The first kappa shape index (κ1) is 19.8. The van der Waals surface area contributed by atoms with Gasteiger partial charge in [-0.05, 0) is 30.3 Å². The number of rotatable bonds is 6. The fourth-order valence-electron chi connectivity index (χ4n) is 3.49. The van der Waals surface area contributed by atoms with Crippen LogP contribution in [0.15, 0.2) is 64.2 Å². The summed E-state index contributed by atoms with van der Waals surface area (Å²) < 4.78 is 26.8. The van der Waals surface area contributed by atoms with Gasteiger partial charge in [-0.2, -0.15) is 0 Å². The van der Waals surface area contributed by atoms with Crippen LogP contribution >= 0.6 is 11.8 Å². The van der Waals surface area contributed by atoms with Crippen molar-refractivity contribution in [2.24, 2.45) is 0 Å². The quantitative estimate of drug-likeness (QED) is 0.333. The van der Waals surface area contributed by atoms with Gasteiger partial charge in [0, 0.05) is 18.5 Å². The van der Waals surface area contributed by atoms with Gasteiger partial charge in [-0.25, -0.2) is 4.39 Å². The molecule has 31 heavy (non-hydrogen) atoms. The molecule has 7 nitrogen and oxygen atoms in total. The summed E-state index contributed by atoms with van der Waals surface area (Å²) in [6.07, 6.45) is 0. The van der Waals surface area contributed by atoms with Crippen LogP contribution in [0, 0.1) is 5.82 Å². The average Bonchev–Trinajstić information content (AvgIpc) is 3.42. The summed E-state index contributed by atoms with van der Waals surface area (Å²) in [6.45, 7) is 2.50. The number of para-hydroxylation sites is 1. The Bertz CT molecular complexity index is 1200. The van der Waals surface area contributed by atoms with Crippen LogP contribution in [-0.4, -0.2) is 52.6 Å². The predicted molar refractivity (Wildman–Crippen MR) is 116 cm³/mol. The van der Waals surface area contributed by atoms with Gasteiger partial charge in [0.05, 0.1) is 24.7 Å². The van der Waals surface area contributed by atoms with Crippen LogP contribution in [0.1, 0.15) is 10.6 Å². The Morgan fingerprint density at radius 2 is 1.90 bits per heavy atom. The van der Waals surface area contributed by atoms with E-state index >= 15 is 0 Å². The first-order chi connectivity index (χ1) is 15.2. The molecule has 1 aliphatic heterocycles. The second kappa shape index (κ2) is 8.52. The SMILES string of the molecule is O=C(CSc1nnc(N2CCOCC2)n1-c1cccc(F)c1)c1cc2ccccc2o1. The number of anilines is 1. The molecule has 158 valence electrons. The largest absolute Gasteiger partial charge is 0.453 e. The molecule has 0 bridgehead atoms. The van der Waals surface area contributed by atoms with Gasteiger partial charge in [0.1, 0.15) is 11.4 Å². The summed E-state index contributed by atoms with van der Waals surface area (Å²) >= 11 is 1.24. The fourth-order valence-corrected chi connectivity index (χ4v) is 4.30. The summed E-state index contributed by atoms with van der Waals surface area (Å²) in [4.78, 5) is 14.8. The van der Waals surface area contributed by atoms with Crippen LogP contribution in [0.3, 0.4) is 0 Å². The Hall–Kier alpha value is -3.17. The number of hydrogen-bond acceptors (Lipinski definition) is 7. The molecule has 4 aromatic rings.